The minimum absolute atomic E-state index is 0.0845. The summed E-state index contributed by atoms with van der Waals surface area (Å²) >= 11 is 0. The van der Waals surface area contributed by atoms with Crippen molar-refractivity contribution in [2.45, 2.75) is 19.4 Å². The van der Waals surface area contributed by atoms with Gasteiger partial charge in [-0.1, -0.05) is 12.1 Å². The van der Waals surface area contributed by atoms with E-state index < -0.39 is 11.4 Å². The van der Waals surface area contributed by atoms with E-state index in [0.29, 0.717) is 41.3 Å². The Kier molecular flexibility index (Phi) is 5.60. The minimum Gasteiger partial charge on any atom is -0.482 e. The second kappa shape index (κ2) is 8.24. The smallest absolute Gasteiger partial charge is 0.260 e. The SMILES string of the molecule is COCCN(C)C(=O)c1ccc(C2=CC(=C3C(=O)Nc4cc(F)ccc43)OC2(C)C)cc1. The van der Waals surface area contributed by atoms with Crippen molar-refractivity contribution in [2.75, 3.05) is 32.6 Å². The Balaban J connectivity index is 1.66. The normalized spacial score (nSPS) is 18.7. The minimum atomic E-state index is -0.688. The molecule has 2 amide bonds. The number of methoxy groups -OCH3 is 1. The molecule has 7 heteroatoms. The molecule has 32 heavy (non-hydrogen) atoms. The first-order valence-electron chi connectivity index (χ1n) is 10.3. The van der Waals surface area contributed by atoms with Crippen molar-refractivity contribution in [3.8, 4) is 0 Å². The van der Waals surface area contributed by atoms with Gasteiger partial charge in [0.05, 0.1) is 17.9 Å². The van der Waals surface area contributed by atoms with Crippen LogP contribution in [0.3, 0.4) is 0 Å². The first kappa shape index (κ1) is 21.8. The molecule has 2 aromatic rings. The van der Waals surface area contributed by atoms with E-state index >= 15 is 0 Å². The topological polar surface area (TPSA) is 67.9 Å². The number of ether oxygens (including phenoxy) is 2. The molecule has 6 nitrogen and oxygen atoms in total. The number of benzene rings is 2. The Hall–Kier alpha value is -3.45. The third-order valence-corrected chi connectivity index (χ3v) is 5.68. The van der Waals surface area contributed by atoms with Crippen molar-refractivity contribution in [2.24, 2.45) is 0 Å². The highest BCUT2D eigenvalue weighted by molar-refractivity contribution is 6.32. The molecule has 0 atom stereocenters. The van der Waals surface area contributed by atoms with Crippen LogP contribution >= 0.6 is 0 Å². The number of nitrogens with one attached hydrogen (secondary N) is 1. The Morgan fingerprint density at radius 2 is 1.91 bits per heavy atom. The number of hydrogen-bond acceptors (Lipinski definition) is 4. The van der Waals surface area contributed by atoms with Crippen LogP contribution in [-0.2, 0) is 14.3 Å². The Morgan fingerprint density at radius 3 is 2.59 bits per heavy atom. The molecular formula is C25H25FN2O4. The number of amides is 2. The molecule has 0 unspecified atom stereocenters. The van der Waals surface area contributed by atoms with E-state index in [0.717, 1.165) is 11.1 Å². The van der Waals surface area contributed by atoms with Gasteiger partial charge in [-0.15, -0.1) is 0 Å². The quantitative estimate of drug-likeness (QED) is 0.717. The fourth-order valence-electron chi connectivity index (χ4n) is 3.95. The van der Waals surface area contributed by atoms with Crippen LogP contribution in [0.4, 0.5) is 10.1 Å². The average molecular weight is 436 g/mol. The molecule has 0 spiro atoms. The summed E-state index contributed by atoms with van der Waals surface area (Å²) in [4.78, 5) is 26.8. The van der Waals surface area contributed by atoms with Crippen molar-refractivity contribution >= 4 is 28.6 Å². The van der Waals surface area contributed by atoms with Gasteiger partial charge in [-0.3, -0.25) is 9.59 Å². The Bertz CT molecular complexity index is 1150. The van der Waals surface area contributed by atoms with Crippen molar-refractivity contribution in [1.82, 2.24) is 4.90 Å². The second-order valence-corrected chi connectivity index (χ2v) is 8.35. The van der Waals surface area contributed by atoms with Crippen LogP contribution in [0.25, 0.3) is 11.1 Å². The summed E-state index contributed by atoms with van der Waals surface area (Å²) in [5.41, 5.74) is 3.09. The molecule has 2 heterocycles. The molecule has 0 bridgehead atoms. The van der Waals surface area contributed by atoms with Crippen molar-refractivity contribution in [1.29, 1.82) is 0 Å². The predicted molar refractivity (Wildman–Crippen MR) is 120 cm³/mol. The Morgan fingerprint density at radius 1 is 1.19 bits per heavy atom. The number of carbonyl (C=O) groups is 2. The van der Waals surface area contributed by atoms with E-state index in [1.165, 1.54) is 12.1 Å². The summed E-state index contributed by atoms with van der Waals surface area (Å²) in [5.74, 6) is -0.387. The second-order valence-electron chi connectivity index (χ2n) is 8.35. The zero-order chi connectivity index (χ0) is 23.0. The lowest BCUT2D eigenvalue weighted by Crippen LogP contribution is -2.29. The lowest BCUT2D eigenvalue weighted by atomic mass is 9.91. The maximum Gasteiger partial charge on any atom is 0.260 e. The molecular weight excluding hydrogens is 411 g/mol. The van der Waals surface area contributed by atoms with Crippen LogP contribution in [0.1, 0.15) is 35.3 Å². The average Bonchev–Trinajstić information content (AvgIpc) is 3.25. The monoisotopic (exact) mass is 436 g/mol. The lowest BCUT2D eigenvalue weighted by Gasteiger charge is -2.24. The van der Waals surface area contributed by atoms with E-state index in [1.54, 1.807) is 37.3 Å². The number of allylic oxidation sites excluding steroid dienone is 1. The molecule has 0 radical (unpaired) electrons. The number of likely N-dealkylation sites (N-methyl/N-ethyl adjacent to an activating group) is 1. The summed E-state index contributed by atoms with van der Waals surface area (Å²) < 4.78 is 24.7. The highest BCUT2D eigenvalue weighted by Crippen LogP contribution is 2.44. The number of hydrogen-bond donors (Lipinski definition) is 1. The highest BCUT2D eigenvalue weighted by atomic mass is 19.1. The molecule has 4 rings (SSSR count). The fourth-order valence-corrected chi connectivity index (χ4v) is 3.95. The van der Waals surface area contributed by atoms with Gasteiger partial charge in [0.15, 0.2) is 0 Å². The number of nitrogens with zero attached hydrogens (tertiary/aromatic N) is 1. The van der Waals surface area contributed by atoms with Gasteiger partial charge in [-0.2, -0.15) is 0 Å². The van der Waals surface area contributed by atoms with Gasteiger partial charge in [0.1, 0.15) is 17.2 Å². The number of rotatable bonds is 5. The van der Waals surface area contributed by atoms with Crippen molar-refractivity contribution < 1.29 is 23.5 Å². The maximum atomic E-state index is 13.6. The van der Waals surface area contributed by atoms with E-state index in [4.69, 9.17) is 9.47 Å². The van der Waals surface area contributed by atoms with Gasteiger partial charge >= 0.3 is 0 Å². The molecule has 0 saturated heterocycles. The molecule has 0 fully saturated rings. The van der Waals surface area contributed by atoms with Gasteiger partial charge in [0.25, 0.3) is 11.8 Å². The number of fused-ring (bicyclic) bond motifs is 1. The van der Waals surface area contributed by atoms with Gasteiger partial charge in [0, 0.05) is 37.4 Å². The van der Waals surface area contributed by atoms with Gasteiger partial charge in [-0.25, -0.2) is 4.39 Å². The molecule has 2 aliphatic rings. The lowest BCUT2D eigenvalue weighted by molar-refractivity contribution is -0.111. The first-order chi connectivity index (χ1) is 15.2. The molecule has 0 aliphatic carbocycles. The van der Waals surface area contributed by atoms with E-state index in [9.17, 15) is 14.0 Å². The van der Waals surface area contributed by atoms with Crippen LogP contribution < -0.4 is 5.32 Å². The van der Waals surface area contributed by atoms with Crippen molar-refractivity contribution in [3.05, 3.63) is 76.8 Å². The fraction of sp³-hybridized carbons (Fsp3) is 0.280. The molecule has 2 aliphatic heterocycles. The Labute approximate surface area is 186 Å². The third-order valence-electron chi connectivity index (χ3n) is 5.68. The zero-order valence-corrected chi connectivity index (χ0v) is 18.5. The van der Waals surface area contributed by atoms with Crippen LogP contribution in [0.15, 0.2) is 54.3 Å². The molecule has 2 aromatic carbocycles. The van der Waals surface area contributed by atoms with Crippen LogP contribution in [-0.4, -0.2) is 49.6 Å². The predicted octanol–water partition coefficient (Wildman–Crippen LogP) is 4.10. The highest BCUT2D eigenvalue weighted by Gasteiger charge is 2.38. The number of carbonyl (C=O) groups excluding carboxylic acids is 2. The molecule has 1 N–H and O–H groups in total. The van der Waals surface area contributed by atoms with E-state index in [1.807, 2.05) is 32.1 Å². The number of halogens is 1. The number of anilines is 1. The standard InChI is InChI=1S/C25H25FN2O4/c1-25(2)19(15-5-7-16(8-6-15)24(30)28(3)11-12-31-4)14-21(32-25)22-18-10-9-17(26)13-20(18)27-23(22)29/h5-10,13-14H,11-12H2,1-4H3,(H,27,29). The van der Waals surface area contributed by atoms with E-state index in [2.05, 4.69) is 5.32 Å². The largest absolute Gasteiger partial charge is 0.482 e. The summed E-state index contributed by atoms with van der Waals surface area (Å²) in [7, 11) is 3.34. The first-order valence-corrected chi connectivity index (χ1v) is 10.3. The maximum absolute atomic E-state index is 13.6. The summed E-state index contributed by atoms with van der Waals surface area (Å²) in [6, 6.07) is 11.5. The summed E-state index contributed by atoms with van der Waals surface area (Å²) in [6.45, 7) is 4.82. The zero-order valence-electron chi connectivity index (χ0n) is 18.5. The van der Waals surface area contributed by atoms with Crippen LogP contribution in [0.5, 0.6) is 0 Å². The van der Waals surface area contributed by atoms with Gasteiger partial charge in [0.2, 0.25) is 0 Å². The van der Waals surface area contributed by atoms with Crippen LogP contribution in [0, 0.1) is 5.82 Å². The van der Waals surface area contributed by atoms with Gasteiger partial charge < -0.3 is 19.7 Å². The molecule has 0 aromatic heterocycles. The van der Waals surface area contributed by atoms with Crippen LogP contribution in [0.2, 0.25) is 0 Å². The summed E-state index contributed by atoms with van der Waals surface area (Å²) in [6.07, 6.45) is 1.84. The summed E-state index contributed by atoms with van der Waals surface area (Å²) in [5, 5.41) is 2.70. The van der Waals surface area contributed by atoms with Gasteiger partial charge in [-0.05, 0) is 55.8 Å². The van der Waals surface area contributed by atoms with E-state index in [-0.39, 0.29) is 11.8 Å². The third kappa shape index (κ3) is 3.91. The van der Waals surface area contributed by atoms with Crippen molar-refractivity contribution in [3.63, 3.8) is 0 Å². The molecule has 166 valence electrons. The molecule has 0 saturated carbocycles.